The summed E-state index contributed by atoms with van der Waals surface area (Å²) in [7, 11) is 0. The summed E-state index contributed by atoms with van der Waals surface area (Å²) in [5.41, 5.74) is 1.38. The van der Waals surface area contributed by atoms with Gasteiger partial charge in [-0.3, -0.25) is 19.2 Å². The summed E-state index contributed by atoms with van der Waals surface area (Å²) in [5, 5.41) is 8.88. The van der Waals surface area contributed by atoms with E-state index in [1.807, 2.05) is 90.1 Å². The van der Waals surface area contributed by atoms with Gasteiger partial charge in [-0.15, -0.1) is 12.6 Å². The van der Waals surface area contributed by atoms with Crippen LogP contribution in [0.1, 0.15) is 105 Å². The Bertz CT molecular complexity index is 1160. The van der Waals surface area contributed by atoms with Crippen molar-refractivity contribution in [3.8, 4) is 0 Å². The number of aliphatic carboxylic acids is 1. The average Bonchev–Trinajstić information content (AvgIpc) is 2.90. The summed E-state index contributed by atoms with van der Waals surface area (Å²) in [6.07, 6.45) is 2.95. The smallest absolute Gasteiger partial charge is 0.307 e. The lowest BCUT2D eigenvalue weighted by Gasteiger charge is -2.21. The second-order valence-corrected chi connectivity index (χ2v) is 14.6. The molecule has 252 valence electrons. The van der Waals surface area contributed by atoms with Crippen molar-refractivity contribution in [1.82, 2.24) is 0 Å². The number of hydrogen-bond donors (Lipinski definition) is 2. The number of carbonyl (C=O) groups excluding carboxylic acids is 3. The number of carboxylic acid groups (broad SMARTS) is 1. The third-order valence-corrected chi connectivity index (χ3v) is 7.24. The molecule has 0 spiro atoms. The minimum absolute atomic E-state index is 0.0385. The molecule has 2 rings (SSSR count). The fourth-order valence-corrected chi connectivity index (χ4v) is 4.85. The van der Waals surface area contributed by atoms with E-state index in [1.54, 1.807) is 20.8 Å². The molecule has 9 heteroatoms. The van der Waals surface area contributed by atoms with Crippen molar-refractivity contribution in [3.05, 3.63) is 59.7 Å². The Morgan fingerprint density at radius 1 is 0.711 bits per heavy atom. The molecule has 2 aromatic carbocycles. The van der Waals surface area contributed by atoms with E-state index in [-0.39, 0.29) is 29.8 Å². The second kappa shape index (κ2) is 21.1. The van der Waals surface area contributed by atoms with Crippen LogP contribution in [0.15, 0.2) is 58.3 Å². The first kappa shape index (κ1) is 42.2. The zero-order chi connectivity index (χ0) is 34.8. The van der Waals surface area contributed by atoms with Crippen LogP contribution in [0.2, 0.25) is 0 Å². The molecule has 0 saturated heterocycles. The maximum Gasteiger partial charge on any atom is 0.307 e. The van der Waals surface area contributed by atoms with E-state index < -0.39 is 29.1 Å². The lowest BCUT2D eigenvalue weighted by Crippen LogP contribution is -2.27. The van der Waals surface area contributed by atoms with Crippen molar-refractivity contribution in [2.24, 2.45) is 11.8 Å². The molecule has 45 heavy (non-hydrogen) atoms. The molecule has 0 aliphatic carbocycles. The Balaban J connectivity index is 0.000000721. The summed E-state index contributed by atoms with van der Waals surface area (Å²) in [6, 6.07) is 15.9. The molecular formula is C36H54O7S2. The fraction of sp³-hybridized carbons (Fsp3) is 0.556. The normalized spacial score (nSPS) is 12.3. The molecule has 0 aromatic heterocycles. The van der Waals surface area contributed by atoms with Gasteiger partial charge >= 0.3 is 17.9 Å². The van der Waals surface area contributed by atoms with Gasteiger partial charge in [0.15, 0.2) is 5.12 Å². The Hall–Kier alpha value is -2.78. The van der Waals surface area contributed by atoms with Gasteiger partial charge in [-0.1, -0.05) is 73.8 Å². The van der Waals surface area contributed by atoms with E-state index in [0.29, 0.717) is 12.8 Å². The van der Waals surface area contributed by atoms with Gasteiger partial charge in [0.2, 0.25) is 0 Å². The monoisotopic (exact) mass is 662 g/mol. The molecule has 0 bridgehead atoms. The predicted molar refractivity (Wildman–Crippen MR) is 186 cm³/mol. The number of hydrogen-bond acceptors (Lipinski definition) is 8. The van der Waals surface area contributed by atoms with Gasteiger partial charge in [-0.2, -0.15) is 0 Å². The molecule has 0 aliphatic rings. The number of carboxylic acids is 1. The first-order valence-electron chi connectivity index (χ1n) is 15.5. The summed E-state index contributed by atoms with van der Waals surface area (Å²) < 4.78 is 10.4. The third kappa shape index (κ3) is 22.4. The maximum absolute atomic E-state index is 12.4. The van der Waals surface area contributed by atoms with Crippen molar-refractivity contribution in [3.63, 3.8) is 0 Å². The molecule has 0 unspecified atom stereocenters. The van der Waals surface area contributed by atoms with E-state index in [0.717, 1.165) is 28.2 Å². The standard InChI is InChI=1S/C18H26O3S.C11H20O4.C7H8S/c1-6-7-14(12-16(19)21-18(3,4)5)17(20)22-15-10-8-13(2)9-11-15;1-5-6-8(10(13)14)7-9(12)15-11(2,3)4;1-6-2-4-7(8)5-3-6/h8-11,14H,6-7,12H2,1-5H3;8H,5-7H2,1-4H3,(H,13,14);2-5,8H,1H3/t14-;8-;/m00./s1. The molecule has 0 radical (unpaired) electrons. The van der Waals surface area contributed by atoms with Crippen molar-refractivity contribution < 1.29 is 33.8 Å². The van der Waals surface area contributed by atoms with Gasteiger partial charge < -0.3 is 14.6 Å². The Morgan fingerprint density at radius 2 is 1.09 bits per heavy atom. The molecule has 0 fully saturated rings. The van der Waals surface area contributed by atoms with Crippen LogP contribution in [-0.2, 0) is 28.7 Å². The number of ether oxygens (including phenoxy) is 2. The van der Waals surface area contributed by atoms with Gasteiger partial charge in [0.25, 0.3) is 0 Å². The van der Waals surface area contributed by atoms with Crippen LogP contribution in [0.25, 0.3) is 0 Å². The second-order valence-electron chi connectivity index (χ2n) is 13.0. The van der Waals surface area contributed by atoms with Crippen molar-refractivity contribution in [1.29, 1.82) is 0 Å². The zero-order valence-corrected chi connectivity index (χ0v) is 30.5. The van der Waals surface area contributed by atoms with Crippen LogP contribution in [0, 0.1) is 25.7 Å². The quantitative estimate of drug-likeness (QED) is 0.139. The van der Waals surface area contributed by atoms with Gasteiger partial charge in [0.05, 0.1) is 18.8 Å². The Morgan fingerprint density at radius 3 is 1.44 bits per heavy atom. The lowest BCUT2D eigenvalue weighted by atomic mass is 10.00. The number of aryl methyl sites for hydroxylation is 2. The van der Waals surface area contributed by atoms with E-state index in [4.69, 9.17) is 14.6 Å². The molecule has 0 amide bonds. The van der Waals surface area contributed by atoms with Crippen LogP contribution in [0.4, 0.5) is 0 Å². The number of rotatable bonds is 11. The molecule has 7 nitrogen and oxygen atoms in total. The van der Waals surface area contributed by atoms with Crippen LogP contribution in [0.5, 0.6) is 0 Å². The van der Waals surface area contributed by atoms with E-state index in [1.165, 1.54) is 17.3 Å². The van der Waals surface area contributed by atoms with Crippen molar-refractivity contribution in [2.75, 3.05) is 0 Å². The van der Waals surface area contributed by atoms with Gasteiger partial charge in [0, 0.05) is 15.7 Å². The summed E-state index contributed by atoms with van der Waals surface area (Å²) in [4.78, 5) is 48.5. The highest BCUT2D eigenvalue weighted by molar-refractivity contribution is 8.13. The number of thioether (sulfide) groups is 1. The number of benzene rings is 2. The van der Waals surface area contributed by atoms with E-state index >= 15 is 0 Å². The highest BCUT2D eigenvalue weighted by atomic mass is 32.2. The van der Waals surface area contributed by atoms with Gasteiger partial charge in [-0.25, -0.2) is 0 Å². The molecule has 1 N–H and O–H groups in total. The molecular weight excluding hydrogens is 609 g/mol. The van der Waals surface area contributed by atoms with Crippen LogP contribution < -0.4 is 0 Å². The van der Waals surface area contributed by atoms with Crippen LogP contribution >= 0.6 is 24.4 Å². The SMILES string of the molecule is CCC[C@@H](CC(=O)OC(C)(C)C)C(=O)O.CCC[C@@H](CC(=O)OC(C)(C)C)C(=O)Sc1ccc(C)cc1.Cc1ccc(S)cc1. The van der Waals surface area contributed by atoms with Crippen LogP contribution in [0.3, 0.4) is 0 Å². The van der Waals surface area contributed by atoms with E-state index in [9.17, 15) is 19.2 Å². The molecule has 0 saturated carbocycles. The van der Waals surface area contributed by atoms with Crippen molar-refractivity contribution in [2.45, 2.75) is 129 Å². The Labute approximate surface area is 280 Å². The summed E-state index contributed by atoms with van der Waals surface area (Å²) >= 11 is 5.35. The summed E-state index contributed by atoms with van der Waals surface area (Å²) in [6.45, 7) is 18.8. The number of carbonyl (C=O) groups is 4. The minimum Gasteiger partial charge on any atom is -0.481 e. The largest absolute Gasteiger partial charge is 0.481 e. The molecule has 2 aromatic rings. The number of esters is 2. The van der Waals surface area contributed by atoms with Gasteiger partial charge in [0.1, 0.15) is 11.2 Å². The first-order valence-corrected chi connectivity index (χ1v) is 16.7. The molecule has 0 aliphatic heterocycles. The minimum atomic E-state index is -0.928. The lowest BCUT2D eigenvalue weighted by molar-refractivity contribution is -0.160. The maximum atomic E-state index is 12.4. The topological polar surface area (TPSA) is 107 Å². The first-order chi connectivity index (χ1) is 20.8. The fourth-order valence-electron chi connectivity index (χ4n) is 3.83. The van der Waals surface area contributed by atoms with Gasteiger partial charge in [-0.05, 0) is 92.5 Å². The summed E-state index contributed by atoms with van der Waals surface area (Å²) in [5.74, 6) is -2.58. The van der Waals surface area contributed by atoms with Crippen LogP contribution in [-0.4, -0.2) is 39.3 Å². The predicted octanol–water partition coefficient (Wildman–Crippen LogP) is 9.26. The van der Waals surface area contributed by atoms with Crippen molar-refractivity contribution >= 4 is 47.4 Å². The average molecular weight is 663 g/mol. The highest BCUT2D eigenvalue weighted by Crippen LogP contribution is 2.27. The molecule has 0 heterocycles. The zero-order valence-electron chi connectivity index (χ0n) is 28.8. The van der Waals surface area contributed by atoms with E-state index in [2.05, 4.69) is 19.6 Å². The number of thiol groups is 1. The highest BCUT2D eigenvalue weighted by Gasteiger charge is 2.26. The Kier molecular flexibility index (Phi) is 19.8. The third-order valence-electron chi connectivity index (χ3n) is 5.90. The molecule has 2 atom stereocenters.